The van der Waals surface area contributed by atoms with Crippen LogP contribution in [0.4, 0.5) is 0 Å². The van der Waals surface area contributed by atoms with Gasteiger partial charge in [0.1, 0.15) is 5.75 Å². The molecule has 0 N–H and O–H groups in total. The van der Waals surface area contributed by atoms with Gasteiger partial charge < -0.3 is 14.2 Å². The molecular formula is C18H17NO3S. The fraction of sp³-hybridized carbons (Fsp3) is 0.167. The van der Waals surface area contributed by atoms with Gasteiger partial charge in [0.2, 0.25) is 5.09 Å². The number of benzene rings is 2. The molecule has 1 heterocycles. The Hall–Kier alpha value is -2.40. The van der Waals surface area contributed by atoms with Crippen LogP contribution in [0.1, 0.15) is 11.1 Å². The molecule has 2 aromatic carbocycles. The van der Waals surface area contributed by atoms with E-state index in [-0.39, 0.29) is 0 Å². The SMILES string of the molecule is COC1=C(OC)Sc2cccc(OC)c2C(c2ccccc2)=N1. The van der Waals surface area contributed by atoms with Gasteiger partial charge in [0.25, 0.3) is 5.88 Å². The third-order valence-corrected chi connectivity index (χ3v) is 4.55. The predicted molar refractivity (Wildman–Crippen MR) is 92.0 cm³/mol. The molecule has 0 saturated heterocycles. The van der Waals surface area contributed by atoms with Crippen LogP contribution in [0.3, 0.4) is 0 Å². The van der Waals surface area contributed by atoms with E-state index in [0.29, 0.717) is 11.0 Å². The first kappa shape index (κ1) is 15.5. The van der Waals surface area contributed by atoms with E-state index in [4.69, 9.17) is 19.2 Å². The Morgan fingerprint density at radius 3 is 2.26 bits per heavy atom. The van der Waals surface area contributed by atoms with E-state index in [1.165, 1.54) is 11.8 Å². The van der Waals surface area contributed by atoms with Crippen molar-refractivity contribution in [3.8, 4) is 5.75 Å². The third kappa shape index (κ3) is 2.92. The molecular weight excluding hydrogens is 310 g/mol. The summed E-state index contributed by atoms with van der Waals surface area (Å²) in [5, 5.41) is 0.618. The highest BCUT2D eigenvalue weighted by Gasteiger charge is 2.24. The molecule has 1 aliphatic rings. The summed E-state index contributed by atoms with van der Waals surface area (Å²) in [6, 6.07) is 15.9. The zero-order chi connectivity index (χ0) is 16.2. The molecule has 0 radical (unpaired) electrons. The van der Waals surface area contributed by atoms with Crippen LogP contribution >= 0.6 is 11.8 Å². The van der Waals surface area contributed by atoms with Gasteiger partial charge in [-0.25, -0.2) is 4.99 Å². The van der Waals surface area contributed by atoms with Crippen LogP contribution in [0.15, 0.2) is 69.4 Å². The minimum Gasteiger partial charge on any atom is -0.496 e. The maximum absolute atomic E-state index is 5.56. The van der Waals surface area contributed by atoms with Crippen LogP contribution in [0.25, 0.3) is 0 Å². The first-order valence-corrected chi connectivity index (χ1v) is 7.91. The van der Waals surface area contributed by atoms with Crippen LogP contribution < -0.4 is 4.74 Å². The van der Waals surface area contributed by atoms with E-state index < -0.39 is 0 Å². The lowest BCUT2D eigenvalue weighted by atomic mass is 10.0. The standard InChI is InChI=1S/C18H17NO3S/c1-20-13-10-7-11-14-15(13)16(12-8-5-4-6-9-12)19-17(21-2)18(22-3)23-14/h4-11H,1-3H3. The number of thioether (sulfide) groups is 1. The maximum atomic E-state index is 5.56. The van der Waals surface area contributed by atoms with Crippen molar-refractivity contribution in [3.63, 3.8) is 0 Å². The Morgan fingerprint density at radius 2 is 1.61 bits per heavy atom. The average Bonchev–Trinajstić information content (AvgIpc) is 2.78. The Labute approximate surface area is 139 Å². The first-order chi connectivity index (χ1) is 11.3. The number of hydrogen-bond donors (Lipinski definition) is 0. The molecule has 2 aromatic rings. The largest absolute Gasteiger partial charge is 0.496 e. The molecule has 118 valence electrons. The summed E-state index contributed by atoms with van der Waals surface area (Å²) in [6.07, 6.45) is 0. The molecule has 3 rings (SSSR count). The Bertz CT molecular complexity index is 769. The normalized spacial score (nSPS) is 13.8. The van der Waals surface area contributed by atoms with E-state index in [1.54, 1.807) is 21.3 Å². The second kappa shape index (κ2) is 6.79. The van der Waals surface area contributed by atoms with Gasteiger partial charge in [-0.2, -0.15) is 0 Å². The van der Waals surface area contributed by atoms with Crippen molar-refractivity contribution in [1.29, 1.82) is 0 Å². The molecule has 0 saturated carbocycles. The van der Waals surface area contributed by atoms with Crippen molar-refractivity contribution < 1.29 is 14.2 Å². The quantitative estimate of drug-likeness (QED) is 0.849. The molecule has 0 aromatic heterocycles. The van der Waals surface area contributed by atoms with Gasteiger partial charge >= 0.3 is 0 Å². The van der Waals surface area contributed by atoms with E-state index in [1.807, 2.05) is 48.5 Å². The Balaban J connectivity index is 2.29. The smallest absolute Gasteiger partial charge is 0.264 e. The van der Waals surface area contributed by atoms with Gasteiger partial charge in [-0.15, -0.1) is 0 Å². The Morgan fingerprint density at radius 1 is 0.826 bits per heavy atom. The molecule has 0 spiro atoms. The summed E-state index contributed by atoms with van der Waals surface area (Å²) in [5.74, 6) is 1.22. The van der Waals surface area contributed by atoms with Gasteiger partial charge in [-0.3, -0.25) is 0 Å². The Kier molecular flexibility index (Phi) is 4.57. The predicted octanol–water partition coefficient (Wildman–Crippen LogP) is 4.06. The van der Waals surface area contributed by atoms with Crippen molar-refractivity contribution in [1.82, 2.24) is 0 Å². The highest BCUT2D eigenvalue weighted by Crippen LogP contribution is 2.40. The lowest BCUT2D eigenvalue weighted by Gasteiger charge is -2.13. The zero-order valence-corrected chi connectivity index (χ0v) is 14.0. The second-order valence-electron chi connectivity index (χ2n) is 4.76. The maximum Gasteiger partial charge on any atom is 0.264 e. The van der Waals surface area contributed by atoms with E-state index in [2.05, 4.69) is 0 Å². The number of hydrogen-bond acceptors (Lipinski definition) is 5. The van der Waals surface area contributed by atoms with Crippen molar-refractivity contribution in [3.05, 3.63) is 70.6 Å². The number of ether oxygens (including phenoxy) is 3. The van der Waals surface area contributed by atoms with Gasteiger partial charge in [-0.1, -0.05) is 36.4 Å². The molecule has 0 unspecified atom stereocenters. The molecule has 0 amide bonds. The number of nitrogens with zero attached hydrogens (tertiary/aromatic N) is 1. The molecule has 0 aliphatic carbocycles. The average molecular weight is 327 g/mol. The first-order valence-electron chi connectivity index (χ1n) is 7.10. The highest BCUT2D eigenvalue weighted by molar-refractivity contribution is 8.03. The van der Waals surface area contributed by atoms with Gasteiger partial charge in [-0.05, 0) is 23.9 Å². The van der Waals surface area contributed by atoms with Gasteiger partial charge in [0, 0.05) is 10.5 Å². The molecule has 5 heteroatoms. The van der Waals surface area contributed by atoms with Crippen LogP contribution in [-0.2, 0) is 9.47 Å². The summed E-state index contributed by atoms with van der Waals surface area (Å²) in [6.45, 7) is 0. The van der Waals surface area contributed by atoms with Crippen molar-refractivity contribution >= 4 is 17.5 Å². The summed E-state index contributed by atoms with van der Waals surface area (Å²) in [7, 11) is 4.87. The minimum absolute atomic E-state index is 0.453. The van der Waals surface area contributed by atoms with Crippen molar-refractivity contribution in [2.45, 2.75) is 4.90 Å². The lowest BCUT2D eigenvalue weighted by Crippen LogP contribution is -2.07. The zero-order valence-electron chi connectivity index (χ0n) is 13.2. The number of rotatable bonds is 4. The minimum atomic E-state index is 0.453. The number of methoxy groups -OCH3 is 3. The van der Waals surface area contributed by atoms with E-state index in [9.17, 15) is 0 Å². The monoisotopic (exact) mass is 327 g/mol. The van der Waals surface area contributed by atoms with E-state index in [0.717, 1.165) is 27.5 Å². The highest BCUT2D eigenvalue weighted by atomic mass is 32.2. The van der Waals surface area contributed by atoms with E-state index >= 15 is 0 Å². The van der Waals surface area contributed by atoms with Crippen LogP contribution in [0, 0.1) is 0 Å². The molecule has 23 heavy (non-hydrogen) atoms. The van der Waals surface area contributed by atoms with Gasteiger partial charge in [0.05, 0.1) is 32.6 Å². The number of aliphatic imine (C=N–C) groups is 1. The fourth-order valence-electron chi connectivity index (χ4n) is 2.41. The molecule has 1 aliphatic heterocycles. The lowest BCUT2D eigenvalue weighted by molar-refractivity contribution is 0.240. The molecule has 0 fully saturated rings. The summed E-state index contributed by atoms with van der Waals surface area (Å²) in [5.41, 5.74) is 2.73. The van der Waals surface area contributed by atoms with Crippen LogP contribution in [0.5, 0.6) is 5.75 Å². The molecule has 0 bridgehead atoms. The third-order valence-electron chi connectivity index (χ3n) is 3.46. The van der Waals surface area contributed by atoms with Gasteiger partial charge in [0.15, 0.2) is 0 Å². The summed E-state index contributed by atoms with van der Waals surface area (Å²) < 4.78 is 16.5. The fourth-order valence-corrected chi connectivity index (χ4v) is 3.35. The van der Waals surface area contributed by atoms with Crippen LogP contribution in [0.2, 0.25) is 0 Å². The molecule has 4 nitrogen and oxygen atoms in total. The van der Waals surface area contributed by atoms with Crippen LogP contribution in [-0.4, -0.2) is 27.0 Å². The second-order valence-corrected chi connectivity index (χ2v) is 5.78. The topological polar surface area (TPSA) is 40.0 Å². The summed E-state index contributed by atoms with van der Waals surface area (Å²) >= 11 is 1.48. The van der Waals surface area contributed by atoms with Crippen molar-refractivity contribution in [2.75, 3.05) is 21.3 Å². The number of fused-ring (bicyclic) bond motifs is 1. The molecule has 0 atom stereocenters. The summed E-state index contributed by atoms with van der Waals surface area (Å²) in [4.78, 5) is 5.72. The van der Waals surface area contributed by atoms with Crippen molar-refractivity contribution in [2.24, 2.45) is 4.99 Å².